The molecule has 1 saturated heterocycles. The van der Waals surface area contributed by atoms with Crippen molar-refractivity contribution in [2.24, 2.45) is 23.7 Å². The van der Waals surface area contributed by atoms with Crippen molar-refractivity contribution in [1.82, 2.24) is 0 Å². The molecule has 4 heteroatoms. The Labute approximate surface area is 117 Å². The van der Waals surface area contributed by atoms with E-state index in [0.29, 0.717) is 30.5 Å². The molecule has 2 unspecified atom stereocenters. The summed E-state index contributed by atoms with van der Waals surface area (Å²) in [5, 5.41) is 16.4. The van der Waals surface area contributed by atoms with Crippen LogP contribution in [-0.2, 0) is 9.62 Å². The number of aliphatic hydroxyl groups excluding tert-OH is 1. The molecule has 0 radical (unpaired) electrons. The maximum atomic E-state index is 9.36. The predicted octanol–water partition coefficient (Wildman–Crippen LogP) is 2.95. The van der Waals surface area contributed by atoms with Gasteiger partial charge in [0, 0.05) is 6.61 Å². The van der Waals surface area contributed by atoms with Crippen molar-refractivity contribution >= 4 is 0 Å². The molecule has 1 aliphatic heterocycles. The third-order valence-corrected chi connectivity index (χ3v) is 4.80. The molecule has 5 atom stereocenters. The minimum absolute atomic E-state index is 0.337. The van der Waals surface area contributed by atoms with Gasteiger partial charge in [0.05, 0.1) is 19.8 Å². The SMILES string of the molecule is CC1CC[C@H]2CCC[C@@H]([C@@H](C)CO)C2CO1.COO. The second-order valence-corrected chi connectivity index (χ2v) is 6.08. The molecule has 114 valence electrons. The Hall–Kier alpha value is -0.160. The highest BCUT2D eigenvalue weighted by Crippen LogP contribution is 2.43. The molecule has 0 aromatic rings. The maximum absolute atomic E-state index is 9.36. The largest absolute Gasteiger partial charge is 0.396 e. The molecule has 2 fully saturated rings. The molecule has 2 rings (SSSR count). The van der Waals surface area contributed by atoms with Crippen LogP contribution in [0.15, 0.2) is 0 Å². The van der Waals surface area contributed by atoms with Crippen LogP contribution in [0.4, 0.5) is 0 Å². The number of ether oxygens (including phenoxy) is 1. The van der Waals surface area contributed by atoms with Crippen LogP contribution in [0, 0.1) is 23.7 Å². The van der Waals surface area contributed by atoms with Gasteiger partial charge in [-0.2, -0.15) is 0 Å². The summed E-state index contributed by atoms with van der Waals surface area (Å²) < 4.78 is 5.92. The summed E-state index contributed by atoms with van der Waals surface area (Å²) in [6.07, 6.45) is 7.03. The summed E-state index contributed by atoms with van der Waals surface area (Å²) in [5.74, 6) is 2.71. The quantitative estimate of drug-likeness (QED) is 0.600. The van der Waals surface area contributed by atoms with Crippen LogP contribution in [0.25, 0.3) is 0 Å². The van der Waals surface area contributed by atoms with Crippen LogP contribution in [0.5, 0.6) is 0 Å². The fourth-order valence-corrected chi connectivity index (χ4v) is 3.66. The average Bonchev–Trinajstić information content (AvgIpc) is 2.61. The van der Waals surface area contributed by atoms with Gasteiger partial charge in [0.15, 0.2) is 0 Å². The van der Waals surface area contributed by atoms with Crippen LogP contribution in [0.2, 0.25) is 0 Å². The summed E-state index contributed by atoms with van der Waals surface area (Å²) in [6, 6.07) is 0. The summed E-state index contributed by atoms with van der Waals surface area (Å²) in [6.45, 7) is 5.66. The van der Waals surface area contributed by atoms with Crippen LogP contribution in [0.3, 0.4) is 0 Å². The number of fused-ring (bicyclic) bond motifs is 1. The normalized spacial score (nSPS) is 36.5. The molecule has 0 spiro atoms. The average molecular weight is 274 g/mol. The van der Waals surface area contributed by atoms with Gasteiger partial charge in [-0.05, 0) is 49.9 Å². The molecule has 0 aromatic heterocycles. The Morgan fingerprint density at radius 3 is 2.58 bits per heavy atom. The van der Waals surface area contributed by atoms with E-state index in [-0.39, 0.29) is 0 Å². The standard InChI is InChI=1S/C14H26O2.CH4O2/c1-10(8-15)13-5-3-4-12-7-6-11(2)16-9-14(12)13;1-3-2/h10-15H,3-9H2,1-2H3;2H,1H3/t10-,11?,12+,13-,14?;/m0./s1. The van der Waals surface area contributed by atoms with Crippen LogP contribution < -0.4 is 0 Å². The number of hydrogen-bond donors (Lipinski definition) is 2. The minimum Gasteiger partial charge on any atom is -0.396 e. The second kappa shape index (κ2) is 8.90. The van der Waals surface area contributed by atoms with Crippen molar-refractivity contribution in [3.05, 3.63) is 0 Å². The molecule has 1 heterocycles. The maximum Gasteiger partial charge on any atom is 0.0710 e. The number of hydrogen-bond acceptors (Lipinski definition) is 4. The van der Waals surface area contributed by atoms with Crippen LogP contribution >= 0.6 is 0 Å². The molecule has 2 aliphatic rings. The highest BCUT2D eigenvalue weighted by molar-refractivity contribution is 4.86. The third kappa shape index (κ3) is 5.03. The van der Waals surface area contributed by atoms with E-state index in [0.717, 1.165) is 12.5 Å². The third-order valence-electron chi connectivity index (χ3n) is 4.80. The van der Waals surface area contributed by atoms with Gasteiger partial charge in [-0.1, -0.05) is 19.8 Å². The van der Waals surface area contributed by atoms with E-state index in [1.54, 1.807) is 0 Å². The Morgan fingerprint density at radius 2 is 1.95 bits per heavy atom. The van der Waals surface area contributed by atoms with Gasteiger partial charge in [-0.3, -0.25) is 5.26 Å². The van der Waals surface area contributed by atoms with E-state index < -0.39 is 0 Å². The molecule has 19 heavy (non-hydrogen) atoms. The van der Waals surface area contributed by atoms with E-state index >= 15 is 0 Å². The van der Waals surface area contributed by atoms with Gasteiger partial charge < -0.3 is 9.84 Å². The van der Waals surface area contributed by atoms with E-state index in [2.05, 4.69) is 18.7 Å². The smallest absolute Gasteiger partial charge is 0.0710 e. The van der Waals surface area contributed by atoms with E-state index in [1.807, 2.05) is 0 Å². The lowest BCUT2D eigenvalue weighted by atomic mass is 9.67. The van der Waals surface area contributed by atoms with E-state index in [9.17, 15) is 5.11 Å². The molecule has 1 saturated carbocycles. The summed E-state index contributed by atoms with van der Waals surface area (Å²) in [5.41, 5.74) is 0. The molecule has 0 aromatic carbocycles. The van der Waals surface area contributed by atoms with Gasteiger partial charge in [-0.15, -0.1) is 0 Å². The predicted molar refractivity (Wildman–Crippen MR) is 74.9 cm³/mol. The first-order chi connectivity index (χ1) is 9.13. The lowest BCUT2D eigenvalue weighted by Crippen LogP contribution is -2.35. The molecule has 4 nitrogen and oxygen atoms in total. The summed E-state index contributed by atoms with van der Waals surface area (Å²) in [7, 11) is 1.18. The van der Waals surface area contributed by atoms with Crippen LogP contribution in [-0.4, -0.2) is 36.8 Å². The Balaban J connectivity index is 0.000000550. The molecule has 0 bridgehead atoms. The fraction of sp³-hybridized carbons (Fsp3) is 1.00. The Morgan fingerprint density at radius 1 is 1.26 bits per heavy atom. The van der Waals surface area contributed by atoms with Gasteiger partial charge in [0.2, 0.25) is 0 Å². The molecule has 2 N–H and O–H groups in total. The highest BCUT2D eigenvalue weighted by Gasteiger charge is 2.37. The van der Waals surface area contributed by atoms with Crippen molar-refractivity contribution in [3.8, 4) is 0 Å². The summed E-state index contributed by atoms with van der Waals surface area (Å²) in [4.78, 5) is 3.25. The topological polar surface area (TPSA) is 58.9 Å². The first-order valence-corrected chi connectivity index (χ1v) is 7.54. The zero-order valence-corrected chi connectivity index (χ0v) is 12.5. The van der Waals surface area contributed by atoms with Crippen molar-refractivity contribution in [2.45, 2.75) is 52.1 Å². The zero-order valence-electron chi connectivity index (χ0n) is 12.5. The van der Waals surface area contributed by atoms with Crippen molar-refractivity contribution in [1.29, 1.82) is 0 Å². The zero-order chi connectivity index (χ0) is 14.3. The lowest BCUT2D eigenvalue weighted by Gasteiger charge is -2.39. The van der Waals surface area contributed by atoms with E-state index in [4.69, 9.17) is 9.99 Å². The molecule has 1 aliphatic carbocycles. The first-order valence-electron chi connectivity index (χ1n) is 7.54. The highest BCUT2D eigenvalue weighted by atomic mass is 17.1. The lowest BCUT2D eigenvalue weighted by molar-refractivity contribution is -0.214. The second-order valence-electron chi connectivity index (χ2n) is 6.08. The van der Waals surface area contributed by atoms with Crippen LogP contribution in [0.1, 0.15) is 46.0 Å². The summed E-state index contributed by atoms with van der Waals surface area (Å²) >= 11 is 0. The molecular weight excluding hydrogens is 244 g/mol. The monoisotopic (exact) mass is 274 g/mol. The number of aliphatic hydroxyl groups is 1. The van der Waals surface area contributed by atoms with E-state index in [1.165, 1.54) is 39.2 Å². The van der Waals surface area contributed by atoms with Crippen molar-refractivity contribution in [2.75, 3.05) is 20.3 Å². The number of rotatable bonds is 2. The molecular formula is C15H30O4. The first kappa shape index (κ1) is 16.9. The Bertz CT molecular complexity index is 234. The van der Waals surface area contributed by atoms with Crippen molar-refractivity contribution in [3.63, 3.8) is 0 Å². The van der Waals surface area contributed by atoms with Gasteiger partial charge in [0.25, 0.3) is 0 Å². The van der Waals surface area contributed by atoms with Gasteiger partial charge >= 0.3 is 0 Å². The molecule has 0 amide bonds. The minimum atomic E-state index is 0.337. The Kier molecular flexibility index (Phi) is 7.91. The fourth-order valence-electron chi connectivity index (χ4n) is 3.66. The van der Waals surface area contributed by atoms with Gasteiger partial charge in [-0.25, -0.2) is 4.89 Å². The van der Waals surface area contributed by atoms with Crippen molar-refractivity contribution < 1.29 is 20.0 Å². The van der Waals surface area contributed by atoms with Gasteiger partial charge in [0.1, 0.15) is 0 Å².